The maximum atomic E-state index is 12.4. The minimum Gasteiger partial charge on any atom is -0.336 e. The molecule has 0 atom stereocenters. The molecule has 5 heteroatoms. The van der Waals surface area contributed by atoms with Crippen LogP contribution in [0.4, 0.5) is 0 Å². The fraction of sp³-hybridized carbons (Fsp3) is 0.692. The van der Waals surface area contributed by atoms with E-state index in [9.17, 15) is 4.79 Å². The molecule has 1 saturated carbocycles. The number of nitrogens with one attached hydrogen (secondary N) is 1. The number of aromatic amines is 1. The minimum absolute atomic E-state index is 0.0871. The van der Waals surface area contributed by atoms with Crippen molar-refractivity contribution in [1.82, 2.24) is 15.1 Å². The van der Waals surface area contributed by atoms with Crippen LogP contribution in [0.5, 0.6) is 0 Å². The highest BCUT2D eigenvalue weighted by molar-refractivity contribution is 5.93. The van der Waals surface area contributed by atoms with E-state index in [1.165, 1.54) is 19.3 Å². The van der Waals surface area contributed by atoms with E-state index in [2.05, 4.69) is 10.2 Å². The Labute approximate surface area is 108 Å². The largest absolute Gasteiger partial charge is 0.336 e. The zero-order valence-corrected chi connectivity index (χ0v) is 10.8. The maximum absolute atomic E-state index is 12.4. The summed E-state index contributed by atoms with van der Waals surface area (Å²) in [5.41, 5.74) is 6.22. The lowest BCUT2D eigenvalue weighted by molar-refractivity contribution is 0.0633. The second-order valence-corrected chi connectivity index (χ2v) is 4.92. The van der Waals surface area contributed by atoms with Crippen LogP contribution < -0.4 is 5.73 Å². The van der Waals surface area contributed by atoms with Crippen molar-refractivity contribution >= 4 is 5.91 Å². The summed E-state index contributed by atoms with van der Waals surface area (Å²) in [7, 11) is 0. The van der Waals surface area contributed by atoms with E-state index < -0.39 is 0 Å². The molecule has 1 aromatic heterocycles. The Hall–Kier alpha value is -1.36. The molecule has 0 spiro atoms. The van der Waals surface area contributed by atoms with E-state index in [1.807, 2.05) is 4.90 Å². The van der Waals surface area contributed by atoms with Gasteiger partial charge >= 0.3 is 0 Å². The third-order valence-corrected chi connectivity index (χ3v) is 3.62. The molecule has 2 rings (SSSR count). The van der Waals surface area contributed by atoms with Crippen molar-refractivity contribution in [1.29, 1.82) is 0 Å². The second-order valence-electron chi connectivity index (χ2n) is 4.92. The van der Waals surface area contributed by atoms with Crippen molar-refractivity contribution in [3.8, 4) is 0 Å². The van der Waals surface area contributed by atoms with E-state index in [1.54, 1.807) is 12.4 Å². The molecule has 1 fully saturated rings. The summed E-state index contributed by atoms with van der Waals surface area (Å²) in [5, 5.41) is 6.56. The van der Waals surface area contributed by atoms with Crippen LogP contribution >= 0.6 is 0 Å². The van der Waals surface area contributed by atoms with Gasteiger partial charge in [-0.25, -0.2) is 0 Å². The molecule has 3 N–H and O–H groups in total. The highest BCUT2D eigenvalue weighted by Gasteiger charge is 2.26. The van der Waals surface area contributed by atoms with Crippen LogP contribution in [0.3, 0.4) is 0 Å². The topological polar surface area (TPSA) is 75.0 Å². The molecule has 1 amide bonds. The van der Waals surface area contributed by atoms with Gasteiger partial charge in [-0.3, -0.25) is 9.89 Å². The number of carbonyl (C=O) groups excluding carboxylic acids is 1. The average molecular weight is 250 g/mol. The fourth-order valence-corrected chi connectivity index (χ4v) is 2.64. The molecular formula is C13H22N4O. The van der Waals surface area contributed by atoms with Crippen molar-refractivity contribution in [2.45, 2.75) is 44.6 Å². The lowest BCUT2D eigenvalue weighted by atomic mass is 9.93. The van der Waals surface area contributed by atoms with Crippen molar-refractivity contribution in [2.24, 2.45) is 5.73 Å². The van der Waals surface area contributed by atoms with Crippen LogP contribution in [0.1, 0.15) is 48.9 Å². The first kappa shape index (κ1) is 13.1. The van der Waals surface area contributed by atoms with Gasteiger partial charge in [-0.15, -0.1) is 0 Å². The van der Waals surface area contributed by atoms with Crippen LogP contribution in [0, 0.1) is 0 Å². The molecule has 1 aliphatic rings. The normalized spacial score (nSPS) is 16.7. The number of hydrogen-bond acceptors (Lipinski definition) is 3. The van der Waals surface area contributed by atoms with E-state index in [0.29, 0.717) is 18.2 Å². The smallest absolute Gasteiger partial charge is 0.257 e. The number of nitrogens with zero attached hydrogens (tertiary/aromatic N) is 2. The summed E-state index contributed by atoms with van der Waals surface area (Å²) >= 11 is 0. The molecule has 18 heavy (non-hydrogen) atoms. The molecule has 1 heterocycles. The molecule has 0 aromatic carbocycles. The Kier molecular flexibility index (Phi) is 4.75. The summed E-state index contributed by atoms with van der Waals surface area (Å²) in [6.07, 6.45) is 10.1. The SMILES string of the molecule is NCCCN(C(=O)c1cn[nH]c1)C1CCCCC1. The molecule has 100 valence electrons. The van der Waals surface area contributed by atoms with Gasteiger partial charge in [-0.05, 0) is 25.8 Å². The van der Waals surface area contributed by atoms with Crippen LogP contribution in [0.2, 0.25) is 0 Å². The summed E-state index contributed by atoms with van der Waals surface area (Å²) in [4.78, 5) is 14.4. The number of hydrogen-bond donors (Lipinski definition) is 2. The van der Waals surface area contributed by atoms with Crippen LogP contribution in [0.25, 0.3) is 0 Å². The summed E-state index contributed by atoms with van der Waals surface area (Å²) in [5.74, 6) is 0.0871. The quantitative estimate of drug-likeness (QED) is 0.832. The Morgan fingerprint density at radius 3 is 2.83 bits per heavy atom. The van der Waals surface area contributed by atoms with Crippen molar-refractivity contribution < 1.29 is 4.79 Å². The molecule has 5 nitrogen and oxygen atoms in total. The third kappa shape index (κ3) is 3.10. The van der Waals surface area contributed by atoms with Gasteiger partial charge in [0.15, 0.2) is 0 Å². The molecular weight excluding hydrogens is 228 g/mol. The monoisotopic (exact) mass is 250 g/mol. The van der Waals surface area contributed by atoms with Gasteiger partial charge in [0.2, 0.25) is 0 Å². The first-order chi connectivity index (χ1) is 8.83. The van der Waals surface area contributed by atoms with Crippen LogP contribution in [0.15, 0.2) is 12.4 Å². The van der Waals surface area contributed by atoms with Crippen molar-refractivity contribution in [3.05, 3.63) is 18.0 Å². The predicted molar refractivity (Wildman–Crippen MR) is 70.2 cm³/mol. The Balaban J connectivity index is 2.05. The summed E-state index contributed by atoms with van der Waals surface area (Å²) in [6.45, 7) is 1.38. The number of H-pyrrole nitrogens is 1. The summed E-state index contributed by atoms with van der Waals surface area (Å²) in [6, 6.07) is 0.382. The number of carbonyl (C=O) groups is 1. The van der Waals surface area contributed by atoms with Gasteiger partial charge in [-0.1, -0.05) is 19.3 Å². The molecule has 0 aliphatic heterocycles. The molecule has 1 aliphatic carbocycles. The number of aromatic nitrogens is 2. The first-order valence-electron chi connectivity index (χ1n) is 6.82. The first-order valence-corrected chi connectivity index (χ1v) is 6.82. The Morgan fingerprint density at radius 2 is 2.22 bits per heavy atom. The van der Waals surface area contributed by atoms with Gasteiger partial charge in [0.1, 0.15) is 0 Å². The lowest BCUT2D eigenvalue weighted by Gasteiger charge is -2.34. The highest BCUT2D eigenvalue weighted by atomic mass is 16.2. The highest BCUT2D eigenvalue weighted by Crippen LogP contribution is 2.24. The van der Waals surface area contributed by atoms with Crippen molar-refractivity contribution in [3.63, 3.8) is 0 Å². The number of amides is 1. The molecule has 0 unspecified atom stereocenters. The van der Waals surface area contributed by atoms with E-state index in [0.717, 1.165) is 25.8 Å². The standard InChI is InChI=1S/C13H22N4O/c14-7-4-8-17(12-5-2-1-3-6-12)13(18)11-9-15-16-10-11/h9-10,12H,1-8,14H2,(H,15,16). The molecule has 0 radical (unpaired) electrons. The summed E-state index contributed by atoms with van der Waals surface area (Å²) < 4.78 is 0. The Morgan fingerprint density at radius 1 is 1.44 bits per heavy atom. The predicted octanol–water partition coefficient (Wildman–Crippen LogP) is 1.53. The van der Waals surface area contributed by atoms with Gasteiger partial charge < -0.3 is 10.6 Å². The maximum Gasteiger partial charge on any atom is 0.257 e. The molecule has 0 saturated heterocycles. The zero-order valence-electron chi connectivity index (χ0n) is 10.8. The lowest BCUT2D eigenvalue weighted by Crippen LogP contribution is -2.42. The van der Waals surface area contributed by atoms with Gasteiger partial charge in [0, 0.05) is 18.8 Å². The third-order valence-electron chi connectivity index (χ3n) is 3.62. The average Bonchev–Trinajstić information content (AvgIpc) is 2.94. The van der Waals surface area contributed by atoms with Gasteiger partial charge in [0.05, 0.1) is 11.8 Å². The number of nitrogens with two attached hydrogens (primary N) is 1. The van der Waals surface area contributed by atoms with E-state index in [4.69, 9.17) is 5.73 Å². The van der Waals surface area contributed by atoms with Gasteiger partial charge in [-0.2, -0.15) is 5.10 Å². The molecule has 0 bridgehead atoms. The Bertz CT molecular complexity index is 357. The minimum atomic E-state index is 0.0871. The zero-order chi connectivity index (χ0) is 12.8. The van der Waals surface area contributed by atoms with Gasteiger partial charge in [0.25, 0.3) is 5.91 Å². The number of rotatable bonds is 5. The van der Waals surface area contributed by atoms with Crippen LogP contribution in [-0.4, -0.2) is 40.1 Å². The fourth-order valence-electron chi connectivity index (χ4n) is 2.64. The van der Waals surface area contributed by atoms with E-state index >= 15 is 0 Å². The van der Waals surface area contributed by atoms with Crippen LogP contribution in [-0.2, 0) is 0 Å². The second kappa shape index (κ2) is 6.54. The van der Waals surface area contributed by atoms with E-state index in [-0.39, 0.29) is 5.91 Å². The molecule has 1 aromatic rings. The van der Waals surface area contributed by atoms with Crippen molar-refractivity contribution in [2.75, 3.05) is 13.1 Å².